The van der Waals surface area contributed by atoms with E-state index in [0.29, 0.717) is 5.75 Å². The summed E-state index contributed by atoms with van der Waals surface area (Å²) in [6.07, 6.45) is 3.73. The van der Waals surface area contributed by atoms with Gasteiger partial charge in [0.1, 0.15) is 5.75 Å². The summed E-state index contributed by atoms with van der Waals surface area (Å²) in [6.45, 7) is 8.82. The van der Waals surface area contributed by atoms with E-state index in [1.54, 1.807) is 12.1 Å². The number of hydrogen-bond donors (Lipinski definition) is 1. The highest BCUT2D eigenvalue weighted by molar-refractivity contribution is 5.25. The van der Waals surface area contributed by atoms with E-state index < -0.39 is 0 Å². The SMILES string of the molecule is CCCC(C)C.CCc1ccc(O)cc1. The quantitative estimate of drug-likeness (QED) is 0.780. The molecule has 0 aliphatic heterocycles. The third kappa shape index (κ3) is 8.04. The van der Waals surface area contributed by atoms with Crippen LogP contribution < -0.4 is 0 Å². The first-order valence-corrected chi connectivity index (χ1v) is 5.88. The molecular formula is C14H24O. The van der Waals surface area contributed by atoms with Gasteiger partial charge in [0.15, 0.2) is 0 Å². The van der Waals surface area contributed by atoms with Gasteiger partial charge in [-0.2, -0.15) is 0 Å². The highest BCUT2D eigenvalue weighted by Crippen LogP contribution is 2.09. The fourth-order valence-corrected chi connectivity index (χ4v) is 1.31. The predicted molar refractivity (Wildman–Crippen MR) is 67.2 cm³/mol. The fraction of sp³-hybridized carbons (Fsp3) is 0.571. The molecule has 1 nitrogen and oxygen atoms in total. The molecule has 0 bridgehead atoms. The lowest BCUT2D eigenvalue weighted by molar-refractivity contribution is 0.475. The van der Waals surface area contributed by atoms with E-state index in [1.165, 1.54) is 18.4 Å². The van der Waals surface area contributed by atoms with Crippen LogP contribution >= 0.6 is 0 Å². The monoisotopic (exact) mass is 208 g/mol. The minimum Gasteiger partial charge on any atom is -0.508 e. The molecular weight excluding hydrogens is 184 g/mol. The molecule has 0 spiro atoms. The predicted octanol–water partition coefficient (Wildman–Crippen LogP) is 4.40. The minimum absolute atomic E-state index is 0.340. The Kier molecular flexibility index (Phi) is 7.79. The van der Waals surface area contributed by atoms with Gasteiger partial charge in [0, 0.05) is 0 Å². The third-order valence-corrected chi connectivity index (χ3v) is 2.21. The Morgan fingerprint density at radius 3 is 1.87 bits per heavy atom. The molecule has 0 saturated heterocycles. The van der Waals surface area contributed by atoms with Crippen LogP contribution in [0.25, 0.3) is 0 Å². The van der Waals surface area contributed by atoms with Gasteiger partial charge >= 0.3 is 0 Å². The molecule has 0 heterocycles. The largest absolute Gasteiger partial charge is 0.508 e. The highest BCUT2D eigenvalue weighted by atomic mass is 16.3. The maximum Gasteiger partial charge on any atom is 0.115 e. The summed E-state index contributed by atoms with van der Waals surface area (Å²) < 4.78 is 0. The smallest absolute Gasteiger partial charge is 0.115 e. The van der Waals surface area contributed by atoms with Gasteiger partial charge in [-0.1, -0.05) is 52.7 Å². The number of rotatable bonds is 3. The van der Waals surface area contributed by atoms with Crippen molar-refractivity contribution in [2.75, 3.05) is 0 Å². The zero-order chi connectivity index (χ0) is 11.7. The molecule has 0 aromatic heterocycles. The van der Waals surface area contributed by atoms with Crippen molar-refractivity contribution in [1.82, 2.24) is 0 Å². The maximum absolute atomic E-state index is 8.85. The fourth-order valence-electron chi connectivity index (χ4n) is 1.31. The maximum atomic E-state index is 8.85. The summed E-state index contributed by atoms with van der Waals surface area (Å²) in [4.78, 5) is 0. The minimum atomic E-state index is 0.340. The van der Waals surface area contributed by atoms with Crippen LogP contribution in [0.4, 0.5) is 0 Å². The van der Waals surface area contributed by atoms with E-state index in [0.717, 1.165) is 12.3 Å². The van der Waals surface area contributed by atoms with Crippen molar-refractivity contribution in [3.63, 3.8) is 0 Å². The van der Waals surface area contributed by atoms with Gasteiger partial charge in [0.25, 0.3) is 0 Å². The lowest BCUT2D eigenvalue weighted by Gasteiger charge is -1.95. The first-order chi connectivity index (χ1) is 7.10. The summed E-state index contributed by atoms with van der Waals surface area (Å²) in [6, 6.07) is 7.27. The molecule has 0 radical (unpaired) electrons. The molecule has 1 N–H and O–H groups in total. The average molecular weight is 208 g/mol. The Morgan fingerprint density at radius 2 is 1.60 bits per heavy atom. The van der Waals surface area contributed by atoms with Gasteiger partial charge < -0.3 is 5.11 Å². The number of benzene rings is 1. The number of aryl methyl sites for hydroxylation is 1. The molecule has 1 aromatic carbocycles. The summed E-state index contributed by atoms with van der Waals surface area (Å²) in [5.74, 6) is 1.24. The van der Waals surface area contributed by atoms with Crippen LogP contribution in [0.2, 0.25) is 0 Å². The van der Waals surface area contributed by atoms with Crippen LogP contribution in [0.15, 0.2) is 24.3 Å². The summed E-state index contributed by atoms with van der Waals surface area (Å²) in [7, 11) is 0. The lowest BCUT2D eigenvalue weighted by atomic mass is 10.1. The average Bonchev–Trinajstić information content (AvgIpc) is 2.20. The van der Waals surface area contributed by atoms with E-state index in [9.17, 15) is 0 Å². The van der Waals surface area contributed by atoms with Crippen molar-refractivity contribution in [1.29, 1.82) is 0 Å². The lowest BCUT2D eigenvalue weighted by Crippen LogP contribution is -1.81. The molecule has 1 heteroatoms. The van der Waals surface area contributed by atoms with Crippen LogP contribution in [-0.2, 0) is 6.42 Å². The molecule has 15 heavy (non-hydrogen) atoms. The van der Waals surface area contributed by atoms with Gasteiger partial charge in [0.2, 0.25) is 0 Å². The Hall–Kier alpha value is -0.980. The summed E-state index contributed by atoms with van der Waals surface area (Å²) in [5.41, 5.74) is 1.26. The number of aromatic hydroxyl groups is 1. The van der Waals surface area contributed by atoms with Crippen LogP contribution in [-0.4, -0.2) is 5.11 Å². The molecule has 0 atom stereocenters. The Bertz CT molecular complexity index is 236. The van der Waals surface area contributed by atoms with Crippen molar-refractivity contribution in [2.45, 2.75) is 47.0 Å². The summed E-state index contributed by atoms with van der Waals surface area (Å²) >= 11 is 0. The van der Waals surface area contributed by atoms with Gasteiger partial charge in [-0.15, -0.1) is 0 Å². The van der Waals surface area contributed by atoms with Crippen LogP contribution in [0.3, 0.4) is 0 Å². The number of phenolic OH excluding ortho intramolecular Hbond substituents is 1. The Morgan fingerprint density at radius 1 is 1.07 bits per heavy atom. The van der Waals surface area contributed by atoms with Crippen molar-refractivity contribution < 1.29 is 5.11 Å². The zero-order valence-corrected chi connectivity index (χ0v) is 10.5. The molecule has 1 rings (SSSR count). The van der Waals surface area contributed by atoms with E-state index >= 15 is 0 Å². The molecule has 0 aliphatic carbocycles. The summed E-state index contributed by atoms with van der Waals surface area (Å²) in [5, 5.41) is 8.85. The Balaban J connectivity index is 0.000000288. The molecule has 1 aromatic rings. The first-order valence-electron chi connectivity index (χ1n) is 5.88. The van der Waals surface area contributed by atoms with Gasteiger partial charge in [-0.25, -0.2) is 0 Å². The van der Waals surface area contributed by atoms with Crippen molar-refractivity contribution in [3.8, 4) is 5.75 Å². The van der Waals surface area contributed by atoms with E-state index in [4.69, 9.17) is 5.11 Å². The van der Waals surface area contributed by atoms with Gasteiger partial charge in [0.05, 0.1) is 0 Å². The van der Waals surface area contributed by atoms with Crippen molar-refractivity contribution >= 4 is 0 Å². The molecule has 0 amide bonds. The van der Waals surface area contributed by atoms with Crippen molar-refractivity contribution in [3.05, 3.63) is 29.8 Å². The van der Waals surface area contributed by atoms with Gasteiger partial charge in [-0.05, 0) is 30.0 Å². The van der Waals surface area contributed by atoms with E-state index in [1.807, 2.05) is 12.1 Å². The number of phenols is 1. The van der Waals surface area contributed by atoms with Gasteiger partial charge in [-0.3, -0.25) is 0 Å². The Labute approximate surface area is 94.2 Å². The van der Waals surface area contributed by atoms with E-state index in [2.05, 4.69) is 27.7 Å². The molecule has 0 unspecified atom stereocenters. The van der Waals surface area contributed by atoms with Crippen LogP contribution in [0, 0.1) is 5.92 Å². The molecule has 86 valence electrons. The number of hydrogen-bond acceptors (Lipinski definition) is 1. The first kappa shape index (κ1) is 14.0. The topological polar surface area (TPSA) is 20.2 Å². The second kappa shape index (κ2) is 8.34. The standard InChI is InChI=1S/C8H10O.C6H14/c1-2-7-3-5-8(9)6-4-7;1-4-5-6(2)3/h3-6,9H,2H2,1H3;6H,4-5H2,1-3H3. The molecule has 0 saturated carbocycles. The third-order valence-electron chi connectivity index (χ3n) is 2.21. The normalized spacial score (nSPS) is 9.67. The van der Waals surface area contributed by atoms with Crippen LogP contribution in [0.1, 0.15) is 46.1 Å². The molecule has 0 aliphatic rings. The molecule has 0 fully saturated rings. The van der Waals surface area contributed by atoms with Crippen molar-refractivity contribution in [2.24, 2.45) is 5.92 Å². The second-order valence-corrected chi connectivity index (χ2v) is 4.20. The second-order valence-electron chi connectivity index (χ2n) is 4.20. The van der Waals surface area contributed by atoms with E-state index in [-0.39, 0.29) is 0 Å². The van der Waals surface area contributed by atoms with Crippen LogP contribution in [0.5, 0.6) is 5.75 Å². The highest BCUT2D eigenvalue weighted by Gasteiger charge is 1.86. The zero-order valence-electron chi connectivity index (χ0n) is 10.5.